The summed E-state index contributed by atoms with van der Waals surface area (Å²) >= 11 is 0. The molecule has 0 aliphatic heterocycles. The Morgan fingerprint density at radius 1 is 1.50 bits per heavy atom. The molecule has 0 spiro atoms. The fraction of sp³-hybridized carbons (Fsp3) is 0.0909. The van der Waals surface area contributed by atoms with Crippen LogP contribution in [0, 0.1) is 5.82 Å². The molecule has 6 nitrogen and oxygen atoms in total. The highest BCUT2D eigenvalue weighted by molar-refractivity contribution is 5.86. The highest BCUT2D eigenvalue weighted by Crippen LogP contribution is 2.35. The Hall–Kier alpha value is -2.57. The third-order valence-corrected chi connectivity index (χ3v) is 2.30. The molecule has 0 radical (unpaired) electrons. The third-order valence-electron chi connectivity index (χ3n) is 2.30. The zero-order chi connectivity index (χ0) is 13.3. The second-order valence-electron chi connectivity index (χ2n) is 3.36. The molecule has 94 valence electrons. The predicted molar refractivity (Wildman–Crippen MR) is 57.1 cm³/mol. The molecule has 0 saturated heterocycles. The van der Waals surface area contributed by atoms with Crippen LogP contribution >= 0.6 is 0 Å². The molecule has 0 fully saturated rings. The minimum atomic E-state index is -1.30. The van der Waals surface area contributed by atoms with E-state index in [0.29, 0.717) is 0 Å². The van der Waals surface area contributed by atoms with Crippen LogP contribution in [0.2, 0.25) is 0 Å². The first kappa shape index (κ1) is 11.9. The van der Waals surface area contributed by atoms with Crippen molar-refractivity contribution in [1.29, 1.82) is 0 Å². The maximum Gasteiger partial charge on any atom is 0.374 e. The zero-order valence-corrected chi connectivity index (χ0v) is 9.18. The first-order chi connectivity index (χ1) is 8.54. The quantitative estimate of drug-likeness (QED) is 0.867. The molecule has 0 aliphatic carbocycles. The van der Waals surface area contributed by atoms with Crippen LogP contribution in [0.1, 0.15) is 10.6 Å². The number of nitrogens with zero attached hydrogens (tertiary/aromatic N) is 1. The number of phenolic OH excluding ortho intramolecular Hbond substituents is 1. The Balaban J connectivity index is 2.50. The molecular weight excluding hydrogens is 245 g/mol. The molecular formula is C11H8FNO5. The van der Waals surface area contributed by atoms with Crippen LogP contribution in [0.5, 0.6) is 11.5 Å². The molecule has 0 atom stereocenters. The number of ether oxygens (including phenoxy) is 1. The van der Waals surface area contributed by atoms with Crippen LogP contribution in [-0.4, -0.2) is 28.4 Å². The molecule has 2 aromatic rings. The maximum absolute atomic E-state index is 13.6. The lowest BCUT2D eigenvalue weighted by atomic mass is 10.1. The summed E-state index contributed by atoms with van der Waals surface area (Å²) in [7, 11) is 1.26. The van der Waals surface area contributed by atoms with Gasteiger partial charge in [-0.05, 0) is 12.1 Å². The van der Waals surface area contributed by atoms with E-state index in [0.717, 1.165) is 6.07 Å². The van der Waals surface area contributed by atoms with Crippen molar-refractivity contribution in [3.05, 3.63) is 29.8 Å². The Bertz CT molecular complexity index is 607. The maximum atomic E-state index is 13.6. The molecule has 1 aromatic carbocycles. The van der Waals surface area contributed by atoms with Gasteiger partial charge in [0.25, 0.3) is 0 Å². The van der Waals surface area contributed by atoms with Crippen LogP contribution < -0.4 is 4.74 Å². The SMILES string of the molecule is COc1ccc(-c2cc(C(=O)O)on2)c(O)c1F. The lowest BCUT2D eigenvalue weighted by Crippen LogP contribution is -1.92. The van der Waals surface area contributed by atoms with Gasteiger partial charge in [0.2, 0.25) is 11.6 Å². The van der Waals surface area contributed by atoms with Gasteiger partial charge >= 0.3 is 5.97 Å². The van der Waals surface area contributed by atoms with Crippen molar-refractivity contribution in [2.24, 2.45) is 0 Å². The predicted octanol–water partition coefficient (Wildman–Crippen LogP) is 1.89. The smallest absolute Gasteiger partial charge is 0.374 e. The van der Waals surface area contributed by atoms with E-state index in [1.165, 1.54) is 19.2 Å². The molecule has 1 heterocycles. The lowest BCUT2D eigenvalue weighted by molar-refractivity contribution is 0.0652. The van der Waals surface area contributed by atoms with E-state index >= 15 is 0 Å². The van der Waals surface area contributed by atoms with Crippen LogP contribution in [-0.2, 0) is 0 Å². The van der Waals surface area contributed by atoms with Crippen molar-refractivity contribution in [1.82, 2.24) is 5.16 Å². The largest absolute Gasteiger partial charge is 0.504 e. The summed E-state index contributed by atoms with van der Waals surface area (Å²) in [6, 6.07) is 3.73. The van der Waals surface area contributed by atoms with Gasteiger partial charge in [-0.2, -0.15) is 4.39 Å². The van der Waals surface area contributed by atoms with Crippen LogP contribution in [0.25, 0.3) is 11.3 Å². The van der Waals surface area contributed by atoms with Gasteiger partial charge in [0.15, 0.2) is 11.5 Å². The summed E-state index contributed by atoms with van der Waals surface area (Å²) in [5, 5.41) is 21.7. The van der Waals surface area contributed by atoms with E-state index in [-0.39, 0.29) is 17.0 Å². The van der Waals surface area contributed by atoms with Crippen LogP contribution in [0.3, 0.4) is 0 Å². The molecule has 0 bridgehead atoms. The molecule has 1 aromatic heterocycles. The summed E-state index contributed by atoms with van der Waals surface area (Å²) in [6.07, 6.45) is 0. The van der Waals surface area contributed by atoms with E-state index in [9.17, 15) is 14.3 Å². The van der Waals surface area contributed by atoms with E-state index in [1.54, 1.807) is 0 Å². The fourth-order valence-corrected chi connectivity index (χ4v) is 1.41. The Kier molecular flexibility index (Phi) is 2.88. The summed E-state index contributed by atoms with van der Waals surface area (Å²) in [5.74, 6) is -3.46. The van der Waals surface area contributed by atoms with Crippen molar-refractivity contribution in [3.63, 3.8) is 0 Å². The molecule has 0 aliphatic rings. The molecule has 0 saturated carbocycles. The fourth-order valence-electron chi connectivity index (χ4n) is 1.41. The third kappa shape index (κ3) is 1.86. The van der Waals surface area contributed by atoms with Gasteiger partial charge in [-0.1, -0.05) is 5.16 Å². The minimum Gasteiger partial charge on any atom is -0.504 e. The molecule has 18 heavy (non-hydrogen) atoms. The average Bonchev–Trinajstić information content (AvgIpc) is 2.82. The van der Waals surface area contributed by atoms with E-state index in [2.05, 4.69) is 14.4 Å². The standard InChI is InChI=1S/C11H8FNO5/c1-17-7-3-2-5(10(14)9(7)12)6-4-8(11(15)16)18-13-6/h2-4,14H,1H3,(H,15,16). The van der Waals surface area contributed by atoms with Crippen LogP contribution in [0.15, 0.2) is 22.7 Å². The van der Waals surface area contributed by atoms with E-state index < -0.39 is 23.3 Å². The molecule has 7 heteroatoms. The number of methoxy groups -OCH3 is 1. The number of halogens is 1. The van der Waals surface area contributed by atoms with Crippen molar-refractivity contribution < 1.29 is 28.7 Å². The number of aromatic hydroxyl groups is 1. The highest BCUT2D eigenvalue weighted by atomic mass is 19.1. The second kappa shape index (κ2) is 4.36. The number of hydrogen-bond acceptors (Lipinski definition) is 5. The second-order valence-corrected chi connectivity index (χ2v) is 3.36. The Morgan fingerprint density at radius 3 is 2.78 bits per heavy atom. The Labute approximate surface area is 100 Å². The number of phenols is 1. The topological polar surface area (TPSA) is 92.8 Å². The number of carbonyl (C=O) groups is 1. The van der Waals surface area contributed by atoms with Crippen molar-refractivity contribution in [2.45, 2.75) is 0 Å². The number of hydrogen-bond donors (Lipinski definition) is 2. The monoisotopic (exact) mass is 253 g/mol. The van der Waals surface area contributed by atoms with E-state index in [1.807, 2.05) is 0 Å². The van der Waals surface area contributed by atoms with E-state index in [4.69, 9.17) is 5.11 Å². The molecule has 2 N–H and O–H groups in total. The number of carboxylic acid groups (broad SMARTS) is 1. The number of benzene rings is 1. The van der Waals surface area contributed by atoms with Gasteiger partial charge in [0.1, 0.15) is 5.69 Å². The number of carboxylic acids is 1. The van der Waals surface area contributed by atoms with Crippen molar-refractivity contribution in [3.8, 4) is 22.8 Å². The number of aromatic nitrogens is 1. The molecule has 0 unspecified atom stereocenters. The summed E-state index contributed by atoms with van der Waals surface area (Å²) < 4.78 is 22.8. The average molecular weight is 253 g/mol. The normalized spacial score (nSPS) is 10.3. The number of rotatable bonds is 3. The van der Waals surface area contributed by atoms with Gasteiger partial charge in [-0.3, -0.25) is 0 Å². The summed E-state index contributed by atoms with van der Waals surface area (Å²) in [4.78, 5) is 10.6. The minimum absolute atomic E-state index is 0.0181. The summed E-state index contributed by atoms with van der Waals surface area (Å²) in [6.45, 7) is 0. The van der Waals surface area contributed by atoms with Gasteiger partial charge < -0.3 is 19.5 Å². The summed E-state index contributed by atoms with van der Waals surface area (Å²) in [5.41, 5.74) is 0.0380. The van der Waals surface area contributed by atoms with Gasteiger partial charge in [-0.25, -0.2) is 4.79 Å². The molecule has 0 amide bonds. The van der Waals surface area contributed by atoms with Crippen LogP contribution in [0.4, 0.5) is 4.39 Å². The first-order valence-electron chi connectivity index (χ1n) is 4.80. The van der Waals surface area contributed by atoms with Crippen molar-refractivity contribution >= 4 is 5.97 Å². The van der Waals surface area contributed by atoms with Gasteiger partial charge in [-0.15, -0.1) is 0 Å². The van der Waals surface area contributed by atoms with Gasteiger partial charge in [0.05, 0.1) is 7.11 Å². The van der Waals surface area contributed by atoms with Crippen molar-refractivity contribution in [2.75, 3.05) is 7.11 Å². The lowest BCUT2D eigenvalue weighted by Gasteiger charge is -2.06. The Morgan fingerprint density at radius 2 is 2.22 bits per heavy atom. The first-order valence-corrected chi connectivity index (χ1v) is 4.80. The zero-order valence-electron chi connectivity index (χ0n) is 9.18. The number of aromatic carboxylic acids is 1. The molecule has 2 rings (SSSR count). The highest BCUT2D eigenvalue weighted by Gasteiger charge is 2.19. The van der Waals surface area contributed by atoms with Gasteiger partial charge in [0, 0.05) is 11.6 Å².